The summed E-state index contributed by atoms with van der Waals surface area (Å²) in [6.45, 7) is 4.64. The van der Waals surface area contributed by atoms with Crippen molar-refractivity contribution >= 4 is 51.9 Å². The third-order valence-electron chi connectivity index (χ3n) is 5.57. The van der Waals surface area contributed by atoms with Crippen LogP contribution >= 0.6 is 24.0 Å². The summed E-state index contributed by atoms with van der Waals surface area (Å²) in [4.78, 5) is 27.6. The second-order valence-corrected chi connectivity index (χ2v) is 10.1. The number of benzene rings is 3. The number of nitrogens with zero attached hydrogens (tertiary/aromatic N) is 1. The first-order valence-corrected chi connectivity index (χ1v) is 13.2. The first kappa shape index (κ1) is 26.4. The number of anilines is 1. The molecule has 0 atom stereocenters. The second kappa shape index (κ2) is 12.6. The van der Waals surface area contributed by atoms with E-state index in [9.17, 15) is 9.59 Å². The molecule has 0 aromatic heterocycles. The summed E-state index contributed by atoms with van der Waals surface area (Å²) in [5.41, 5.74) is 3.71. The van der Waals surface area contributed by atoms with Crippen molar-refractivity contribution in [3.05, 3.63) is 94.4 Å². The van der Waals surface area contributed by atoms with Gasteiger partial charge in [-0.3, -0.25) is 14.5 Å². The van der Waals surface area contributed by atoms with Gasteiger partial charge in [0.2, 0.25) is 0 Å². The van der Waals surface area contributed by atoms with E-state index in [-0.39, 0.29) is 18.4 Å². The average Bonchev–Trinajstić information content (AvgIpc) is 3.15. The Bertz CT molecular complexity index is 1320. The molecule has 1 aliphatic heterocycles. The van der Waals surface area contributed by atoms with Crippen LogP contribution in [0, 0.1) is 6.92 Å². The lowest BCUT2D eigenvalue weighted by Crippen LogP contribution is -2.30. The number of nitrogens with one attached hydrogen (secondary N) is 1. The Morgan fingerprint density at radius 1 is 1.03 bits per heavy atom. The number of ether oxygens (including phenoxy) is 2. The molecule has 8 heteroatoms. The van der Waals surface area contributed by atoms with Crippen LogP contribution in [-0.4, -0.2) is 40.8 Å². The van der Waals surface area contributed by atoms with E-state index in [1.807, 2.05) is 74.5 Å². The molecule has 0 unspecified atom stereocenters. The lowest BCUT2D eigenvalue weighted by Gasteiger charge is -2.14. The molecular formula is C29H28N2O4S2. The van der Waals surface area contributed by atoms with Crippen molar-refractivity contribution in [2.45, 2.75) is 20.3 Å². The molecule has 3 aromatic carbocycles. The Labute approximate surface area is 226 Å². The highest BCUT2D eigenvalue weighted by Crippen LogP contribution is 2.35. The molecule has 1 fully saturated rings. The Kier molecular flexibility index (Phi) is 8.98. The molecule has 0 bridgehead atoms. The SMILES string of the molecule is CCOc1cc(/C=C2\SC(=S)N(CCc3ccccc3)C2=O)ccc1OCC(=O)Nc1cccc(C)c1. The predicted molar refractivity (Wildman–Crippen MR) is 153 cm³/mol. The molecule has 1 saturated heterocycles. The molecule has 0 saturated carbocycles. The van der Waals surface area contributed by atoms with E-state index in [0.717, 1.165) is 28.8 Å². The molecule has 1 N–H and O–H groups in total. The molecule has 1 aliphatic rings. The van der Waals surface area contributed by atoms with Gasteiger partial charge in [0.05, 0.1) is 11.5 Å². The zero-order valence-corrected chi connectivity index (χ0v) is 22.4. The van der Waals surface area contributed by atoms with Gasteiger partial charge in [0.1, 0.15) is 4.32 Å². The average molecular weight is 533 g/mol. The van der Waals surface area contributed by atoms with Gasteiger partial charge >= 0.3 is 0 Å². The third kappa shape index (κ3) is 7.21. The number of rotatable bonds is 10. The molecule has 190 valence electrons. The van der Waals surface area contributed by atoms with E-state index in [1.165, 1.54) is 11.8 Å². The summed E-state index contributed by atoms with van der Waals surface area (Å²) in [5.74, 6) is 0.585. The van der Waals surface area contributed by atoms with Crippen molar-refractivity contribution < 1.29 is 19.1 Å². The maximum atomic E-state index is 13.0. The van der Waals surface area contributed by atoms with Gasteiger partial charge in [0, 0.05) is 12.2 Å². The second-order valence-electron chi connectivity index (χ2n) is 8.41. The molecule has 0 aliphatic carbocycles. The standard InChI is InChI=1S/C29H28N2O4S2/c1-3-34-25-17-22(12-13-24(25)35-19-27(32)30-23-11-7-8-20(2)16-23)18-26-28(33)31(29(36)37-26)15-14-21-9-5-4-6-10-21/h4-13,16-18H,3,14-15,19H2,1-2H3,(H,30,32)/b26-18-. The first-order valence-electron chi connectivity index (χ1n) is 12.0. The Balaban J connectivity index is 1.41. The first-order chi connectivity index (χ1) is 17.9. The van der Waals surface area contributed by atoms with Crippen LogP contribution in [0.3, 0.4) is 0 Å². The minimum Gasteiger partial charge on any atom is -0.490 e. The topological polar surface area (TPSA) is 67.9 Å². The monoisotopic (exact) mass is 532 g/mol. The number of thiocarbonyl (C=S) groups is 1. The number of carbonyl (C=O) groups excluding carboxylic acids is 2. The maximum Gasteiger partial charge on any atom is 0.266 e. The maximum absolute atomic E-state index is 13.0. The van der Waals surface area contributed by atoms with Crippen LogP contribution in [0.2, 0.25) is 0 Å². The fourth-order valence-electron chi connectivity index (χ4n) is 3.79. The molecule has 2 amide bonds. The largest absolute Gasteiger partial charge is 0.490 e. The van der Waals surface area contributed by atoms with Crippen molar-refractivity contribution in [1.29, 1.82) is 0 Å². The molecular weight excluding hydrogens is 504 g/mol. The van der Waals surface area contributed by atoms with E-state index in [4.69, 9.17) is 21.7 Å². The van der Waals surface area contributed by atoms with E-state index < -0.39 is 0 Å². The van der Waals surface area contributed by atoms with Crippen LogP contribution in [0.1, 0.15) is 23.6 Å². The summed E-state index contributed by atoms with van der Waals surface area (Å²) < 4.78 is 12.1. The predicted octanol–water partition coefficient (Wildman–Crippen LogP) is 5.86. The van der Waals surface area contributed by atoms with Crippen molar-refractivity contribution in [1.82, 2.24) is 4.90 Å². The quantitative estimate of drug-likeness (QED) is 0.261. The van der Waals surface area contributed by atoms with Crippen molar-refractivity contribution in [3.8, 4) is 11.5 Å². The number of amides is 2. The number of hydrogen-bond acceptors (Lipinski definition) is 6. The van der Waals surface area contributed by atoms with Gasteiger partial charge in [-0.05, 0) is 67.3 Å². The lowest BCUT2D eigenvalue weighted by molar-refractivity contribution is -0.122. The highest BCUT2D eigenvalue weighted by molar-refractivity contribution is 8.26. The van der Waals surface area contributed by atoms with Crippen LogP contribution in [0.15, 0.2) is 77.7 Å². The van der Waals surface area contributed by atoms with Crippen LogP contribution in [0.4, 0.5) is 5.69 Å². The van der Waals surface area contributed by atoms with Gasteiger partial charge in [-0.25, -0.2) is 0 Å². The Morgan fingerprint density at radius 2 is 1.84 bits per heavy atom. The Morgan fingerprint density at radius 3 is 2.59 bits per heavy atom. The van der Waals surface area contributed by atoms with Gasteiger partial charge in [0.25, 0.3) is 11.8 Å². The summed E-state index contributed by atoms with van der Waals surface area (Å²) in [5, 5.41) is 2.83. The van der Waals surface area contributed by atoms with Crippen LogP contribution in [-0.2, 0) is 16.0 Å². The third-order valence-corrected chi connectivity index (χ3v) is 6.94. The van der Waals surface area contributed by atoms with Crippen LogP contribution in [0.5, 0.6) is 11.5 Å². The lowest BCUT2D eigenvalue weighted by atomic mass is 10.1. The zero-order valence-electron chi connectivity index (χ0n) is 20.7. The number of hydrogen-bond donors (Lipinski definition) is 1. The summed E-state index contributed by atoms with van der Waals surface area (Å²) in [6, 6.07) is 23.0. The Hall–Kier alpha value is -3.62. The number of carbonyl (C=O) groups is 2. The molecule has 4 rings (SSSR count). The van der Waals surface area contributed by atoms with Crippen LogP contribution in [0.25, 0.3) is 6.08 Å². The van der Waals surface area contributed by atoms with Gasteiger partial charge in [0.15, 0.2) is 18.1 Å². The van der Waals surface area contributed by atoms with Gasteiger partial charge < -0.3 is 14.8 Å². The van der Waals surface area contributed by atoms with Gasteiger partial charge in [-0.1, -0.05) is 72.5 Å². The minimum atomic E-state index is -0.267. The van der Waals surface area contributed by atoms with E-state index in [2.05, 4.69) is 5.32 Å². The van der Waals surface area contributed by atoms with Crippen LogP contribution < -0.4 is 14.8 Å². The molecule has 37 heavy (non-hydrogen) atoms. The summed E-state index contributed by atoms with van der Waals surface area (Å²) >= 11 is 6.77. The fourth-order valence-corrected chi connectivity index (χ4v) is 5.10. The minimum absolute atomic E-state index is 0.1000. The fraction of sp³-hybridized carbons (Fsp3) is 0.207. The van der Waals surface area contributed by atoms with E-state index in [1.54, 1.807) is 23.1 Å². The van der Waals surface area contributed by atoms with Crippen molar-refractivity contribution in [2.75, 3.05) is 25.1 Å². The van der Waals surface area contributed by atoms with Gasteiger partial charge in [-0.15, -0.1) is 0 Å². The normalized spacial score (nSPS) is 14.2. The number of aryl methyl sites for hydroxylation is 1. The van der Waals surface area contributed by atoms with Crippen molar-refractivity contribution in [3.63, 3.8) is 0 Å². The summed E-state index contributed by atoms with van der Waals surface area (Å²) in [6.07, 6.45) is 2.54. The molecule has 1 heterocycles. The van der Waals surface area contributed by atoms with E-state index >= 15 is 0 Å². The summed E-state index contributed by atoms with van der Waals surface area (Å²) in [7, 11) is 0. The molecule has 0 spiro atoms. The highest BCUT2D eigenvalue weighted by atomic mass is 32.2. The molecule has 3 aromatic rings. The highest BCUT2D eigenvalue weighted by Gasteiger charge is 2.31. The van der Waals surface area contributed by atoms with Crippen molar-refractivity contribution in [2.24, 2.45) is 0 Å². The molecule has 0 radical (unpaired) electrons. The van der Waals surface area contributed by atoms with E-state index in [0.29, 0.717) is 33.9 Å². The zero-order chi connectivity index (χ0) is 26.2. The molecule has 6 nitrogen and oxygen atoms in total. The van der Waals surface area contributed by atoms with Gasteiger partial charge in [-0.2, -0.15) is 0 Å². The number of thioether (sulfide) groups is 1. The smallest absolute Gasteiger partial charge is 0.266 e.